The molecule has 0 unspecified atom stereocenters. The van der Waals surface area contributed by atoms with E-state index in [4.69, 9.17) is 0 Å². The van der Waals surface area contributed by atoms with Gasteiger partial charge in [0, 0.05) is 24.0 Å². The fourth-order valence-electron chi connectivity index (χ4n) is 1.74. The third-order valence-electron chi connectivity index (χ3n) is 2.93. The van der Waals surface area contributed by atoms with Crippen LogP contribution in [0.1, 0.15) is 11.4 Å². The molecule has 2 aromatic rings. The smallest absolute Gasteiger partial charge is 0.268 e. The number of aromatic nitrogens is 1. The van der Waals surface area contributed by atoms with Crippen LogP contribution in [-0.4, -0.2) is 9.67 Å². The number of rotatable bonds is 1. The summed E-state index contributed by atoms with van der Waals surface area (Å²) in [5.74, 6) is -0.409. The quantitative estimate of drug-likeness (QED) is 0.694. The highest BCUT2D eigenvalue weighted by atomic mass is 16.3. The van der Waals surface area contributed by atoms with E-state index < -0.39 is 16.6 Å². The van der Waals surface area contributed by atoms with Crippen LogP contribution < -0.4 is 10.9 Å². The number of hydrogen-bond acceptors (Lipinski definition) is 3. The lowest BCUT2D eigenvalue weighted by molar-refractivity contribution is 0.465. The molecule has 0 spiro atoms. The maximum Gasteiger partial charge on any atom is 0.268 e. The lowest BCUT2D eigenvalue weighted by Gasteiger charge is -2.05. The summed E-state index contributed by atoms with van der Waals surface area (Å²) in [6, 6.07) is 1.80. The van der Waals surface area contributed by atoms with E-state index in [2.05, 4.69) is 0 Å². The third-order valence-corrected chi connectivity index (χ3v) is 2.93. The van der Waals surface area contributed by atoms with Gasteiger partial charge in [0.25, 0.3) is 5.43 Å². The van der Waals surface area contributed by atoms with Crippen molar-refractivity contribution >= 4 is 0 Å². The zero-order chi connectivity index (χ0) is 11.3. The third kappa shape index (κ3) is 1.08. The van der Waals surface area contributed by atoms with Crippen LogP contribution in [0, 0.1) is 13.8 Å². The van der Waals surface area contributed by atoms with E-state index >= 15 is 0 Å². The molecule has 4 nitrogen and oxygen atoms in total. The lowest BCUT2D eigenvalue weighted by atomic mass is 10.0. The minimum atomic E-state index is -0.786. The summed E-state index contributed by atoms with van der Waals surface area (Å²) in [5, 5.41) is 9.32. The van der Waals surface area contributed by atoms with Gasteiger partial charge < -0.3 is 9.67 Å². The van der Waals surface area contributed by atoms with Gasteiger partial charge in [-0.05, 0) is 19.9 Å². The zero-order valence-corrected chi connectivity index (χ0v) is 8.79. The van der Waals surface area contributed by atoms with Gasteiger partial charge in [-0.1, -0.05) is 0 Å². The molecule has 4 heteroatoms. The van der Waals surface area contributed by atoms with Crippen molar-refractivity contribution in [1.29, 1.82) is 0 Å². The molecule has 1 heterocycles. The van der Waals surface area contributed by atoms with E-state index in [0.717, 1.165) is 11.4 Å². The summed E-state index contributed by atoms with van der Waals surface area (Å²) in [4.78, 5) is 22.2. The van der Waals surface area contributed by atoms with Gasteiger partial charge in [-0.3, -0.25) is 9.59 Å². The molecule has 0 saturated heterocycles. The van der Waals surface area contributed by atoms with Crippen LogP contribution in [0.4, 0.5) is 0 Å². The molecule has 0 fully saturated rings. The molecule has 2 rings (SSSR count). The molecular weight excluding hydrogens is 194 g/mol. The van der Waals surface area contributed by atoms with Gasteiger partial charge in [0.05, 0.1) is 5.56 Å². The van der Waals surface area contributed by atoms with E-state index in [1.54, 1.807) is 6.07 Å². The largest absolute Gasteiger partial charge is 0.503 e. The highest BCUT2D eigenvalue weighted by Gasteiger charge is 2.24. The molecule has 0 aliphatic rings. The van der Waals surface area contributed by atoms with Crippen LogP contribution in [-0.2, 0) is 7.05 Å². The highest BCUT2D eigenvalue weighted by molar-refractivity contribution is 5.76. The first-order valence-electron chi connectivity index (χ1n) is 4.60. The summed E-state index contributed by atoms with van der Waals surface area (Å²) >= 11 is 0. The van der Waals surface area contributed by atoms with Crippen molar-refractivity contribution in [3.05, 3.63) is 37.9 Å². The number of aryl methyl sites for hydroxylation is 1. The Morgan fingerprint density at radius 3 is 2.20 bits per heavy atom. The second kappa shape index (κ2) is 2.82. The molecule has 1 aromatic carbocycles. The molecule has 0 atom stereocenters. The number of hydrogen-bond donors (Lipinski definition) is 1. The van der Waals surface area contributed by atoms with Gasteiger partial charge in [-0.15, -0.1) is 0 Å². The van der Waals surface area contributed by atoms with Crippen molar-refractivity contribution in [2.24, 2.45) is 7.05 Å². The molecule has 78 valence electrons. The second-order valence-electron chi connectivity index (χ2n) is 3.73. The SMILES string of the molecule is Cc1cc(-c2c(O)c(=O)c2=O)c(C)n1C. The summed E-state index contributed by atoms with van der Waals surface area (Å²) in [6.07, 6.45) is 0. The summed E-state index contributed by atoms with van der Waals surface area (Å²) < 4.78 is 1.91. The Kier molecular flexibility index (Phi) is 1.83. The van der Waals surface area contributed by atoms with E-state index in [1.807, 2.05) is 25.5 Å². The maximum absolute atomic E-state index is 11.3. The normalized spacial score (nSPS) is 11.1. The van der Waals surface area contributed by atoms with Crippen LogP contribution in [0.25, 0.3) is 11.1 Å². The van der Waals surface area contributed by atoms with Crippen LogP contribution in [0.3, 0.4) is 0 Å². The minimum Gasteiger partial charge on any atom is -0.503 e. The fourth-order valence-corrected chi connectivity index (χ4v) is 1.74. The molecule has 0 aliphatic carbocycles. The van der Waals surface area contributed by atoms with Gasteiger partial charge in [-0.2, -0.15) is 0 Å². The Morgan fingerprint density at radius 2 is 1.80 bits per heavy atom. The van der Waals surface area contributed by atoms with Crippen LogP contribution in [0.2, 0.25) is 0 Å². The van der Waals surface area contributed by atoms with Crippen molar-refractivity contribution < 1.29 is 5.11 Å². The van der Waals surface area contributed by atoms with Gasteiger partial charge in [0.15, 0.2) is 5.75 Å². The van der Waals surface area contributed by atoms with Crippen molar-refractivity contribution in [2.75, 3.05) is 0 Å². The Balaban J connectivity index is 2.72. The van der Waals surface area contributed by atoms with Crippen LogP contribution >= 0.6 is 0 Å². The Hall–Kier alpha value is -1.84. The molecule has 0 aliphatic heterocycles. The van der Waals surface area contributed by atoms with E-state index in [9.17, 15) is 14.7 Å². The molecule has 1 N–H and O–H groups in total. The molecule has 0 radical (unpaired) electrons. The minimum absolute atomic E-state index is 0.154. The molecule has 0 amide bonds. The predicted molar refractivity (Wildman–Crippen MR) is 56.9 cm³/mol. The first kappa shape index (κ1) is 9.71. The summed E-state index contributed by atoms with van der Waals surface area (Å²) in [5.41, 5.74) is 1.27. The summed E-state index contributed by atoms with van der Waals surface area (Å²) in [6.45, 7) is 3.75. The summed E-state index contributed by atoms with van der Waals surface area (Å²) in [7, 11) is 1.87. The van der Waals surface area contributed by atoms with E-state index in [0.29, 0.717) is 5.56 Å². The molecule has 1 aromatic heterocycles. The van der Waals surface area contributed by atoms with Crippen molar-refractivity contribution in [1.82, 2.24) is 4.57 Å². The topological polar surface area (TPSA) is 59.3 Å². The average Bonchev–Trinajstić information content (AvgIpc) is 2.46. The maximum atomic E-state index is 11.3. The van der Waals surface area contributed by atoms with Crippen molar-refractivity contribution in [3.63, 3.8) is 0 Å². The molecule has 0 bridgehead atoms. The first-order valence-corrected chi connectivity index (χ1v) is 4.60. The zero-order valence-electron chi connectivity index (χ0n) is 8.79. The molecular formula is C11H11NO3. The monoisotopic (exact) mass is 205 g/mol. The lowest BCUT2D eigenvalue weighted by Crippen LogP contribution is -2.31. The standard InChI is InChI=1S/C11H11NO3/c1-5-4-7(6(2)12(5)3)8-9(13)11(15)10(8)14/h4,13H,1-3H3. The van der Waals surface area contributed by atoms with Crippen molar-refractivity contribution in [2.45, 2.75) is 13.8 Å². The Labute approximate surface area is 86.1 Å². The van der Waals surface area contributed by atoms with Gasteiger partial charge in [0.1, 0.15) is 0 Å². The van der Waals surface area contributed by atoms with Crippen molar-refractivity contribution in [3.8, 4) is 16.9 Å². The number of aromatic hydroxyl groups is 1. The second-order valence-corrected chi connectivity index (χ2v) is 3.73. The highest BCUT2D eigenvalue weighted by Crippen LogP contribution is 2.29. The predicted octanol–water partition coefficient (Wildman–Crippen LogP) is 0.611. The first-order chi connectivity index (χ1) is 6.95. The van der Waals surface area contributed by atoms with Gasteiger partial charge >= 0.3 is 0 Å². The number of nitrogens with zero attached hydrogens (tertiary/aromatic N) is 1. The Morgan fingerprint density at radius 1 is 1.20 bits per heavy atom. The van der Waals surface area contributed by atoms with E-state index in [1.165, 1.54) is 0 Å². The Bertz CT molecular complexity index is 612. The fraction of sp³-hybridized carbons (Fsp3) is 0.273. The van der Waals surface area contributed by atoms with Gasteiger partial charge in [0.2, 0.25) is 5.43 Å². The van der Waals surface area contributed by atoms with Gasteiger partial charge in [-0.25, -0.2) is 0 Å². The molecule has 15 heavy (non-hydrogen) atoms. The average molecular weight is 205 g/mol. The molecule has 0 saturated carbocycles. The van der Waals surface area contributed by atoms with Crippen LogP contribution in [0.15, 0.2) is 15.7 Å². The van der Waals surface area contributed by atoms with Crippen LogP contribution in [0.5, 0.6) is 5.75 Å². The van der Waals surface area contributed by atoms with E-state index in [-0.39, 0.29) is 5.56 Å².